The quantitative estimate of drug-likeness (QED) is 0.330. The number of aromatic nitrogens is 2. The molecular formula is C22H15ClN4O2S2. The van der Waals surface area contributed by atoms with Gasteiger partial charge in [0.25, 0.3) is 5.56 Å². The van der Waals surface area contributed by atoms with Crippen LogP contribution in [0, 0.1) is 18.3 Å². The molecule has 2 aromatic heterocycles. The zero-order chi connectivity index (χ0) is 22.0. The Labute approximate surface area is 191 Å². The molecule has 0 fully saturated rings. The second kappa shape index (κ2) is 8.94. The lowest BCUT2D eigenvalue weighted by atomic mass is 10.2. The number of carbonyl (C=O) groups excluding carboxylic acids is 1. The van der Waals surface area contributed by atoms with Gasteiger partial charge in [0.2, 0.25) is 5.91 Å². The molecule has 6 nitrogen and oxygen atoms in total. The molecule has 4 aromatic rings. The average Bonchev–Trinajstić information content (AvgIpc) is 3.19. The number of nitrogens with one attached hydrogen (secondary N) is 1. The van der Waals surface area contributed by atoms with Crippen LogP contribution in [0.5, 0.6) is 0 Å². The average molecular weight is 467 g/mol. The van der Waals surface area contributed by atoms with Crippen LogP contribution in [0.15, 0.2) is 63.9 Å². The highest BCUT2D eigenvalue weighted by atomic mass is 35.5. The second-order valence-electron chi connectivity index (χ2n) is 6.65. The molecule has 1 N–H and O–H groups in total. The number of nitrogens with zero attached hydrogens (tertiary/aromatic N) is 3. The van der Waals surface area contributed by atoms with Gasteiger partial charge in [-0.05, 0) is 54.3 Å². The molecule has 1 amide bonds. The van der Waals surface area contributed by atoms with Crippen molar-refractivity contribution in [3.63, 3.8) is 0 Å². The summed E-state index contributed by atoms with van der Waals surface area (Å²) in [5.41, 5.74) is 2.31. The minimum atomic E-state index is -0.291. The first-order valence-corrected chi connectivity index (χ1v) is 11.4. The fourth-order valence-electron chi connectivity index (χ4n) is 3.02. The number of aryl methyl sites for hydroxylation is 1. The molecule has 4 rings (SSSR count). The van der Waals surface area contributed by atoms with Crippen molar-refractivity contribution in [1.29, 1.82) is 5.26 Å². The molecular weight excluding hydrogens is 452 g/mol. The fourth-order valence-corrected chi connectivity index (χ4v) is 4.75. The summed E-state index contributed by atoms with van der Waals surface area (Å²) in [4.78, 5) is 30.4. The van der Waals surface area contributed by atoms with Crippen molar-refractivity contribution < 1.29 is 4.79 Å². The van der Waals surface area contributed by atoms with Crippen molar-refractivity contribution in [2.45, 2.75) is 12.1 Å². The summed E-state index contributed by atoms with van der Waals surface area (Å²) in [6, 6.07) is 16.2. The molecule has 2 heterocycles. The van der Waals surface area contributed by atoms with Crippen LogP contribution in [0.4, 0.5) is 5.00 Å². The smallest absolute Gasteiger partial charge is 0.266 e. The molecule has 0 bridgehead atoms. The lowest BCUT2D eigenvalue weighted by molar-refractivity contribution is -0.113. The van der Waals surface area contributed by atoms with Crippen LogP contribution in [0.2, 0.25) is 5.02 Å². The third-order valence-electron chi connectivity index (χ3n) is 4.43. The van der Waals surface area contributed by atoms with Crippen LogP contribution < -0.4 is 10.9 Å². The van der Waals surface area contributed by atoms with Crippen LogP contribution in [-0.4, -0.2) is 21.2 Å². The number of halogens is 1. The van der Waals surface area contributed by atoms with Crippen molar-refractivity contribution in [1.82, 2.24) is 9.55 Å². The summed E-state index contributed by atoms with van der Waals surface area (Å²) < 4.78 is 1.51. The number of thioether (sulfide) groups is 1. The number of rotatable bonds is 5. The molecule has 0 spiro atoms. The molecule has 0 aliphatic rings. The molecule has 0 atom stereocenters. The number of benzene rings is 2. The molecule has 2 aromatic carbocycles. The Bertz CT molecular complexity index is 1400. The van der Waals surface area contributed by atoms with Gasteiger partial charge in [-0.25, -0.2) is 4.98 Å². The third kappa shape index (κ3) is 4.49. The minimum absolute atomic E-state index is 0.0209. The van der Waals surface area contributed by atoms with E-state index in [1.807, 2.05) is 37.3 Å². The SMILES string of the molecule is Cc1cccc(-n2c(SCC(=O)Nc3sccc3C#N)nc3cc(Cl)ccc3c2=O)c1. The zero-order valence-electron chi connectivity index (χ0n) is 16.3. The standard InChI is InChI=1S/C22H15ClN4O2S2/c1-13-3-2-4-16(9-13)27-21(29)17-6-5-15(23)10-18(17)25-22(27)31-12-19(28)26-20-14(11-24)7-8-30-20/h2-10H,12H2,1H3,(H,26,28). The minimum Gasteiger partial charge on any atom is -0.316 e. The molecule has 31 heavy (non-hydrogen) atoms. The monoisotopic (exact) mass is 466 g/mol. The van der Waals surface area contributed by atoms with Crippen molar-refractivity contribution in [3.05, 3.63) is 80.4 Å². The zero-order valence-corrected chi connectivity index (χ0v) is 18.6. The van der Waals surface area contributed by atoms with Crippen LogP contribution in [0.3, 0.4) is 0 Å². The summed E-state index contributed by atoms with van der Waals surface area (Å²) in [5.74, 6) is -0.271. The van der Waals surface area contributed by atoms with Gasteiger partial charge < -0.3 is 5.32 Å². The van der Waals surface area contributed by atoms with Gasteiger partial charge in [-0.3, -0.25) is 14.2 Å². The van der Waals surface area contributed by atoms with E-state index in [1.165, 1.54) is 15.9 Å². The van der Waals surface area contributed by atoms with Crippen LogP contribution >= 0.6 is 34.7 Å². The van der Waals surface area contributed by atoms with Gasteiger partial charge in [-0.1, -0.05) is 35.5 Å². The van der Waals surface area contributed by atoms with Crippen molar-refractivity contribution >= 4 is 56.5 Å². The maximum absolute atomic E-state index is 13.3. The van der Waals surface area contributed by atoms with Crippen LogP contribution in [-0.2, 0) is 4.79 Å². The lowest BCUT2D eigenvalue weighted by Gasteiger charge is -2.14. The molecule has 0 aliphatic carbocycles. The van der Waals surface area contributed by atoms with Gasteiger partial charge in [-0.15, -0.1) is 11.3 Å². The maximum atomic E-state index is 13.3. The number of fused-ring (bicyclic) bond motifs is 1. The first kappa shape index (κ1) is 21.1. The third-order valence-corrected chi connectivity index (χ3v) is 6.44. The Morgan fingerprint density at radius 2 is 2.13 bits per heavy atom. The van der Waals surface area contributed by atoms with Crippen LogP contribution in [0.1, 0.15) is 11.1 Å². The number of thiophene rings is 1. The van der Waals surface area contributed by atoms with Crippen molar-refractivity contribution in [2.24, 2.45) is 0 Å². The highest BCUT2D eigenvalue weighted by Gasteiger charge is 2.16. The van der Waals surface area contributed by atoms with Crippen molar-refractivity contribution in [3.8, 4) is 11.8 Å². The summed E-state index contributed by atoms with van der Waals surface area (Å²) in [7, 11) is 0. The number of hydrogen-bond acceptors (Lipinski definition) is 6. The fraction of sp³-hybridized carbons (Fsp3) is 0.0909. The lowest BCUT2D eigenvalue weighted by Crippen LogP contribution is -2.23. The molecule has 9 heteroatoms. The van der Waals surface area contributed by atoms with E-state index in [9.17, 15) is 9.59 Å². The molecule has 0 saturated carbocycles. The topological polar surface area (TPSA) is 87.8 Å². The molecule has 0 aliphatic heterocycles. The van der Waals surface area contributed by atoms with Gasteiger partial charge >= 0.3 is 0 Å². The van der Waals surface area contributed by atoms with E-state index in [0.29, 0.717) is 37.3 Å². The number of carbonyl (C=O) groups is 1. The van der Waals surface area contributed by atoms with E-state index >= 15 is 0 Å². The molecule has 0 unspecified atom stereocenters. The van der Waals surface area contributed by atoms with Gasteiger partial charge in [0.05, 0.1) is 27.9 Å². The predicted molar refractivity (Wildman–Crippen MR) is 125 cm³/mol. The summed E-state index contributed by atoms with van der Waals surface area (Å²) >= 11 is 8.52. The highest BCUT2D eigenvalue weighted by molar-refractivity contribution is 7.99. The predicted octanol–water partition coefficient (Wildman–Crippen LogP) is 5.01. The van der Waals surface area contributed by atoms with E-state index in [-0.39, 0.29) is 17.2 Å². The molecule has 0 saturated heterocycles. The van der Waals surface area contributed by atoms with Gasteiger partial charge in [0.1, 0.15) is 11.1 Å². The van der Waals surface area contributed by atoms with E-state index in [2.05, 4.69) is 10.3 Å². The Kier molecular flexibility index (Phi) is 6.09. The summed E-state index contributed by atoms with van der Waals surface area (Å²) in [6.45, 7) is 1.94. The van der Waals surface area contributed by atoms with Gasteiger partial charge in [0.15, 0.2) is 5.16 Å². The highest BCUT2D eigenvalue weighted by Crippen LogP contribution is 2.25. The Hall–Kier alpha value is -3.12. The number of anilines is 1. The normalized spacial score (nSPS) is 10.7. The van der Waals surface area contributed by atoms with E-state index in [4.69, 9.17) is 16.9 Å². The van der Waals surface area contributed by atoms with Gasteiger partial charge in [0, 0.05) is 5.02 Å². The largest absolute Gasteiger partial charge is 0.316 e. The first-order chi connectivity index (χ1) is 15.0. The van der Waals surface area contributed by atoms with E-state index < -0.39 is 0 Å². The second-order valence-corrected chi connectivity index (χ2v) is 8.94. The van der Waals surface area contributed by atoms with E-state index in [0.717, 1.165) is 17.3 Å². The van der Waals surface area contributed by atoms with Crippen molar-refractivity contribution in [2.75, 3.05) is 11.1 Å². The number of amides is 1. The molecule has 0 radical (unpaired) electrons. The first-order valence-electron chi connectivity index (χ1n) is 9.16. The maximum Gasteiger partial charge on any atom is 0.266 e. The van der Waals surface area contributed by atoms with E-state index in [1.54, 1.807) is 29.6 Å². The molecule has 154 valence electrons. The number of nitriles is 1. The Balaban J connectivity index is 1.71. The Morgan fingerprint density at radius 3 is 2.90 bits per heavy atom. The van der Waals surface area contributed by atoms with Gasteiger partial charge in [-0.2, -0.15) is 5.26 Å². The number of hydrogen-bond donors (Lipinski definition) is 1. The summed E-state index contributed by atoms with van der Waals surface area (Å²) in [5, 5.41) is 15.4. The summed E-state index contributed by atoms with van der Waals surface area (Å²) in [6.07, 6.45) is 0. The Morgan fingerprint density at radius 1 is 1.29 bits per heavy atom. The van der Waals surface area contributed by atoms with Crippen LogP contribution in [0.25, 0.3) is 16.6 Å².